The summed E-state index contributed by atoms with van der Waals surface area (Å²) in [4.78, 5) is 21.8. The van der Waals surface area contributed by atoms with Gasteiger partial charge in [-0.25, -0.2) is 0 Å². The standard InChI is InChI=1S/C8H14O7S.K.H/c1-3-5(6(9)10)8(4-2,7(11)12)16(13,14)15;;/h5H,3-4H2,1-2H3,(H,9,10)(H,11,12)(H,13,14,15);;/q;+1;-1. The molecule has 2 unspecified atom stereocenters. The van der Waals surface area contributed by atoms with Gasteiger partial charge in [-0.2, -0.15) is 8.42 Å². The molecule has 0 rings (SSSR count). The van der Waals surface area contributed by atoms with Gasteiger partial charge in [0.05, 0.1) is 5.92 Å². The van der Waals surface area contributed by atoms with Crippen molar-refractivity contribution in [1.29, 1.82) is 0 Å². The van der Waals surface area contributed by atoms with Gasteiger partial charge in [-0.05, 0) is 12.8 Å². The molecule has 0 aromatic heterocycles. The number of hydrogen-bond donors (Lipinski definition) is 3. The Morgan fingerprint density at radius 1 is 1.29 bits per heavy atom. The van der Waals surface area contributed by atoms with E-state index in [4.69, 9.17) is 14.8 Å². The van der Waals surface area contributed by atoms with E-state index in [1.54, 1.807) is 0 Å². The van der Waals surface area contributed by atoms with Gasteiger partial charge >= 0.3 is 63.3 Å². The first kappa shape index (κ1) is 19.8. The summed E-state index contributed by atoms with van der Waals surface area (Å²) >= 11 is 0. The first-order valence-corrected chi connectivity index (χ1v) is 6.02. The summed E-state index contributed by atoms with van der Waals surface area (Å²) < 4.78 is 28.6. The number of carboxylic acids is 2. The molecule has 0 heterocycles. The fourth-order valence-corrected chi connectivity index (χ4v) is 2.94. The van der Waals surface area contributed by atoms with Crippen LogP contribution in [0.25, 0.3) is 0 Å². The van der Waals surface area contributed by atoms with Gasteiger partial charge in [-0.15, -0.1) is 0 Å². The molecule has 0 fully saturated rings. The van der Waals surface area contributed by atoms with Crippen LogP contribution in [0.5, 0.6) is 0 Å². The fourth-order valence-electron chi connectivity index (χ4n) is 1.72. The normalized spacial score (nSPS) is 16.4. The van der Waals surface area contributed by atoms with E-state index in [0.29, 0.717) is 0 Å². The maximum Gasteiger partial charge on any atom is 1.00 e. The van der Waals surface area contributed by atoms with Gasteiger partial charge in [0.15, 0.2) is 0 Å². The van der Waals surface area contributed by atoms with Crippen molar-refractivity contribution >= 4 is 22.1 Å². The molecule has 0 spiro atoms. The van der Waals surface area contributed by atoms with E-state index >= 15 is 0 Å². The smallest absolute Gasteiger partial charge is 1.00 e. The first-order chi connectivity index (χ1) is 7.15. The van der Waals surface area contributed by atoms with Crippen LogP contribution < -0.4 is 51.4 Å². The van der Waals surface area contributed by atoms with E-state index in [1.165, 1.54) is 13.8 Å². The van der Waals surface area contributed by atoms with Crippen molar-refractivity contribution in [3.05, 3.63) is 0 Å². The maximum atomic E-state index is 11.1. The zero-order valence-corrected chi connectivity index (χ0v) is 13.8. The largest absolute Gasteiger partial charge is 1.00 e. The average molecular weight is 294 g/mol. The molecule has 0 aliphatic rings. The molecular formula is C8H15KO7S. The van der Waals surface area contributed by atoms with E-state index in [1.807, 2.05) is 0 Å². The summed E-state index contributed by atoms with van der Waals surface area (Å²) in [5.41, 5.74) is 0. The second kappa shape index (κ2) is 7.17. The molecule has 0 saturated carbocycles. The molecule has 3 N–H and O–H groups in total. The summed E-state index contributed by atoms with van der Waals surface area (Å²) in [5.74, 6) is -5.11. The van der Waals surface area contributed by atoms with Crippen LogP contribution in [0, 0.1) is 5.92 Å². The topological polar surface area (TPSA) is 129 Å². The number of carbonyl (C=O) groups is 2. The predicted octanol–water partition coefficient (Wildman–Crippen LogP) is -2.67. The van der Waals surface area contributed by atoms with Crippen LogP contribution >= 0.6 is 0 Å². The number of hydrogen-bond acceptors (Lipinski definition) is 4. The fraction of sp³-hybridized carbons (Fsp3) is 0.750. The Kier molecular flexibility index (Phi) is 8.36. The van der Waals surface area contributed by atoms with E-state index in [0.717, 1.165) is 0 Å². The monoisotopic (exact) mass is 294 g/mol. The van der Waals surface area contributed by atoms with Crippen molar-refractivity contribution < 1.29 is 85.6 Å². The van der Waals surface area contributed by atoms with E-state index in [9.17, 15) is 18.0 Å². The van der Waals surface area contributed by atoms with Gasteiger partial charge in [-0.1, -0.05) is 13.8 Å². The Morgan fingerprint density at radius 2 is 1.71 bits per heavy atom. The summed E-state index contributed by atoms with van der Waals surface area (Å²) in [6.45, 7) is 2.55. The Bertz CT molecular complexity index is 396. The van der Waals surface area contributed by atoms with Gasteiger partial charge in [0, 0.05) is 0 Å². The predicted molar refractivity (Wildman–Crippen MR) is 54.7 cm³/mol. The molecule has 0 aliphatic carbocycles. The SMILES string of the molecule is CCC(C(=O)O)C(CC)(C(=O)O)S(=O)(=O)O.[H-].[K+]. The molecule has 2 atom stereocenters. The molecule has 0 radical (unpaired) electrons. The summed E-state index contributed by atoms with van der Waals surface area (Å²) in [5, 5.41) is 17.7. The van der Waals surface area contributed by atoms with Crippen molar-refractivity contribution in [2.45, 2.75) is 31.4 Å². The molecule has 7 nitrogen and oxygen atoms in total. The van der Waals surface area contributed by atoms with Crippen LogP contribution in [0.1, 0.15) is 28.1 Å². The molecule has 0 amide bonds. The first-order valence-electron chi connectivity index (χ1n) is 4.58. The van der Waals surface area contributed by atoms with Crippen LogP contribution in [0.15, 0.2) is 0 Å². The number of carboxylic acid groups (broad SMARTS) is 2. The van der Waals surface area contributed by atoms with Gasteiger partial charge in [-0.3, -0.25) is 14.1 Å². The Morgan fingerprint density at radius 3 is 1.76 bits per heavy atom. The van der Waals surface area contributed by atoms with Crippen LogP contribution in [0.4, 0.5) is 0 Å². The van der Waals surface area contributed by atoms with Crippen LogP contribution in [-0.2, 0) is 19.7 Å². The second-order valence-electron chi connectivity index (χ2n) is 3.32. The van der Waals surface area contributed by atoms with E-state index in [-0.39, 0.29) is 59.2 Å². The number of rotatable bonds is 6. The molecule has 0 aromatic rings. The second-order valence-corrected chi connectivity index (χ2v) is 5.00. The molecule has 9 heteroatoms. The average Bonchev–Trinajstić information content (AvgIpc) is 2.10. The van der Waals surface area contributed by atoms with Gasteiger partial charge < -0.3 is 11.6 Å². The van der Waals surface area contributed by atoms with Crippen LogP contribution in [0.2, 0.25) is 0 Å². The van der Waals surface area contributed by atoms with Crippen LogP contribution in [0.3, 0.4) is 0 Å². The maximum absolute atomic E-state index is 11.1. The molecule has 0 aromatic carbocycles. The minimum absolute atomic E-state index is 0. The summed E-state index contributed by atoms with van der Waals surface area (Å²) in [7, 11) is -5.01. The van der Waals surface area contributed by atoms with Crippen LogP contribution in [-0.4, -0.2) is 39.9 Å². The Labute approximate surface area is 143 Å². The van der Waals surface area contributed by atoms with Crippen molar-refractivity contribution in [1.82, 2.24) is 0 Å². The van der Waals surface area contributed by atoms with Crippen molar-refractivity contribution in [3.8, 4) is 0 Å². The quantitative estimate of drug-likeness (QED) is 0.360. The Balaban J connectivity index is -0.00000112. The van der Waals surface area contributed by atoms with Crippen molar-refractivity contribution in [3.63, 3.8) is 0 Å². The van der Waals surface area contributed by atoms with E-state index in [2.05, 4.69) is 0 Å². The minimum Gasteiger partial charge on any atom is -1.00 e. The molecule has 0 saturated heterocycles. The van der Waals surface area contributed by atoms with Crippen molar-refractivity contribution in [2.24, 2.45) is 5.92 Å². The van der Waals surface area contributed by atoms with Gasteiger partial charge in [0.2, 0.25) is 4.75 Å². The Hall–Kier alpha value is 0.486. The third-order valence-corrected chi connectivity index (χ3v) is 4.29. The zero-order chi connectivity index (χ0) is 13.1. The zero-order valence-electron chi connectivity index (χ0n) is 10.9. The van der Waals surface area contributed by atoms with Gasteiger partial charge in [0.1, 0.15) is 0 Å². The molecular weight excluding hydrogens is 279 g/mol. The van der Waals surface area contributed by atoms with Gasteiger partial charge in [0.25, 0.3) is 10.1 Å². The molecule has 0 bridgehead atoms. The minimum atomic E-state index is -5.01. The third-order valence-electron chi connectivity index (χ3n) is 2.62. The summed E-state index contributed by atoms with van der Waals surface area (Å²) in [6.07, 6.45) is -0.735. The van der Waals surface area contributed by atoms with Crippen molar-refractivity contribution in [2.75, 3.05) is 0 Å². The molecule has 17 heavy (non-hydrogen) atoms. The third kappa shape index (κ3) is 3.72. The molecule has 0 aliphatic heterocycles. The van der Waals surface area contributed by atoms with E-state index < -0.39 is 39.1 Å². The summed E-state index contributed by atoms with van der Waals surface area (Å²) in [6, 6.07) is 0. The molecule has 96 valence electrons. The number of aliphatic carboxylic acids is 2.